The molecule has 2 saturated carbocycles. The summed E-state index contributed by atoms with van der Waals surface area (Å²) in [5, 5.41) is 0.476. The van der Waals surface area contributed by atoms with Crippen LogP contribution in [-0.4, -0.2) is 11.3 Å². The maximum Gasteiger partial charge on any atom is 0.254 e. The highest BCUT2D eigenvalue weighted by molar-refractivity contribution is 9.09. The number of alkyl halides is 3. The SMILES string of the molecule is FC1(F)CC2CCC1(CBr)C2. The van der Waals surface area contributed by atoms with Crippen molar-refractivity contribution in [1.82, 2.24) is 0 Å². The minimum atomic E-state index is -2.39. The highest BCUT2D eigenvalue weighted by Crippen LogP contribution is 2.62. The first-order valence-electron chi connectivity index (χ1n) is 4.03. The van der Waals surface area contributed by atoms with E-state index in [2.05, 4.69) is 15.9 Å². The van der Waals surface area contributed by atoms with E-state index in [4.69, 9.17) is 0 Å². The lowest BCUT2D eigenvalue weighted by molar-refractivity contribution is -0.0982. The van der Waals surface area contributed by atoms with Crippen LogP contribution in [0.5, 0.6) is 0 Å². The fourth-order valence-electron chi connectivity index (χ4n) is 2.54. The van der Waals surface area contributed by atoms with Crippen molar-refractivity contribution in [2.24, 2.45) is 11.3 Å². The first kappa shape index (κ1) is 7.96. The molecular weight excluding hydrogens is 214 g/mol. The lowest BCUT2D eigenvalue weighted by Gasteiger charge is -2.32. The van der Waals surface area contributed by atoms with Gasteiger partial charge in [0, 0.05) is 17.2 Å². The Kier molecular flexibility index (Phi) is 1.58. The fourth-order valence-corrected chi connectivity index (χ4v) is 3.46. The Bertz CT molecular complexity index is 181. The number of hydrogen-bond donors (Lipinski definition) is 0. The maximum atomic E-state index is 13.3. The Morgan fingerprint density at radius 2 is 2.09 bits per heavy atom. The second-order valence-corrected chi connectivity index (χ2v) is 4.49. The van der Waals surface area contributed by atoms with Gasteiger partial charge in [-0.15, -0.1) is 0 Å². The molecule has 0 aromatic rings. The van der Waals surface area contributed by atoms with Gasteiger partial charge in [-0.1, -0.05) is 15.9 Å². The number of fused-ring (bicyclic) bond motifs is 2. The Morgan fingerprint density at radius 3 is 2.36 bits per heavy atom. The predicted molar refractivity (Wildman–Crippen MR) is 43.1 cm³/mol. The van der Waals surface area contributed by atoms with Crippen molar-refractivity contribution in [2.75, 3.05) is 5.33 Å². The van der Waals surface area contributed by atoms with Gasteiger partial charge in [0.05, 0.1) is 0 Å². The summed E-state index contributed by atoms with van der Waals surface area (Å²) in [6, 6.07) is 0. The highest BCUT2D eigenvalue weighted by atomic mass is 79.9. The minimum Gasteiger partial charge on any atom is -0.206 e. The minimum absolute atomic E-state index is 0.137. The molecule has 0 spiro atoms. The lowest BCUT2D eigenvalue weighted by Crippen LogP contribution is -2.38. The lowest BCUT2D eigenvalue weighted by atomic mass is 9.83. The van der Waals surface area contributed by atoms with Crippen molar-refractivity contribution < 1.29 is 8.78 Å². The summed E-state index contributed by atoms with van der Waals surface area (Å²) in [7, 11) is 0. The molecule has 0 aromatic heterocycles. The van der Waals surface area contributed by atoms with Gasteiger partial charge in [-0.05, 0) is 25.2 Å². The van der Waals surface area contributed by atoms with Crippen molar-refractivity contribution >= 4 is 15.9 Å². The van der Waals surface area contributed by atoms with Gasteiger partial charge in [0.2, 0.25) is 0 Å². The van der Waals surface area contributed by atoms with Crippen LogP contribution in [0.25, 0.3) is 0 Å². The van der Waals surface area contributed by atoms with Gasteiger partial charge in [-0.3, -0.25) is 0 Å². The zero-order valence-corrected chi connectivity index (χ0v) is 7.83. The zero-order valence-electron chi connectivity index (χ0n) is 6.25. The Labute approximate surface area is 73.5 Å². The van der Waals surface area contributed by atoms with Gasteiger partial charge in [0.1, 0.15) is 0 Å². The van der Waals surface area contributed by atoms with Crippen LogP contribution in [0.1, 0.15) is 25.7 Å². The third kappa shape index (κ3) is 0.895. The summed E-state index contributed by atoms with van der Waals surface area (Å²) in [4.78, 5) is 0. The molecule has 2 unspecified atom stereocenters. The molecule has 0 N–H and O–H groups in total. The van der Waals surface area contributed by atoms with Crippen LogP contribution in [0.3, 0.4) is 0 Å². The molecule has 2 rings (SSSR count). The third-order valence-corrected chi connectivity index (χ3v) is 4.36. The van der Waals surface area contributed by atoms with Gasteiger partial charge in [0.25, 0.3) is 5.92 Å². The van der Waals surface area contributed by atoms with E-state index in [1.807, 2.05) is 0 Å². The van der Waals surface area contributed by atoms with Crippen LogP contribution in [0.4, 0.5) is 8.78 Å². The molecule has 64 valence electrons. The largest absolute Gasteiger partial charge is 0.254 e. The second-order valence-electron chi connectivity index (χ2n) is 3.93. The Morgan fingerprint density at radius 1 is 1.36 bits per heavy atom. The van der Waals surface area contributed by atoms with Crippen LogP contribution < -0.4 is 0 Å². The van der Waals surface area contributed by atoms with E-state index in [0.29, 0.717) is 11.2 Å². The predicted octanol–water partition coefficient (Wildman–Crippen LogP) is 3.21. The first-order chi connectivity index (χ1) is 5.10. The second kappa shape index (κ2) is 2.18. The summed E-state index contributed by atoms with van der Waals surface area (Å²) in [6.45, 7) is 0. The van der Waals surface area contributed by atoms with Crippen molar-refractivity contribution in [1.29, 1.82) is 0 Å². The third-order valence-electron chi connectivity index (χ3n) is 3.29. The van der Waals surface area contributed by atoms with E-state index in [0.717, 1.165) is 19.3 Å². The molecule has 0 saturated heterocycles. The van der Waals surface area contributed by atoms with Gasteiger partial charge >= 0.3 is 0 Å². The molecule has 0 nitrogen and oxygen atoms in total. The van der Waals surface area contributed by atoms with Crippen molar-refractivity contribution in [3.63, 3.8) is 0 Å². The zero-order chi connectivity index (χ0) is 8.11. The van der Waals surface area contributed by atoms with Gasteiger partial charge in [-0.25, -0.2) is 8.78 Å². The van der Waals surface area contributed by atoms with Gasteiger partial charge in [0.15, 0.2) is 0 Å². The van der Waals surface area contributed by atoms with E-state index in [1.165, 1.54) is 0 Å². The number of hydrogen-bond acceptors (Lipinski definition) is 0. The monoisotopic (exact) mass is 224 g/mol. The summed E-state index contributed by atoms with van der Waals surface area (Å²) in [6.07, 6.45) is 2.61. The van der Waals surface area contributed by atoms with E-state index in [-0.39, 0.29) is 6.42 Å². The van der Waals surface area contributed by atoms with Crippen LogP contribution in [0.2, 0.25) is 0 Å². The molecule has 0 amide bonds. The van der Waals surface area contributed by atoms with Gasteiger partial charge < -0.3 is 0 Å². The van der Waals surface area contributed by atoms with Crippen LogP contribution in [0, 0.1) is 11.3 Å². The highest BCUT2D eigenvalue weighted by Gasteiger charge is 2.62. The molecule has 3 heteroatoms. The summed E-state index contributed by atoms with van der Waals surface area (Å²) < 4.78 is 26.5. The van der Waals surface area contributed by atoms with Crippen molar-refractivity contribution in [3.05, 3.63) is 0 Å². The molecule has 0 aliphatic heterocycles. The van der Waals surface area contributed by atoms with Crippen molar-refractivity contribution in [2.45, 2.75) is 31.6 Å². The quantitative estimate of drug-likeness (QED) is 0.601. The number of rotatable bonds is 1. The van der Waals surface area contributed by atoms with E-state index in [1.54, 1.807) is 0 Å². The Balaban J connectivity index is 2.29. The normalized spacial score (nSPS) is 46.6. The van der Waals surface area contributed by atoms with E-state index < -0.39 is 11.3 Å². The van der Waals surface area contributed by atoms with E-state index in [9.17, 15) is 8.78 Å². The van der Waals surface area contributed by atoms with Crippen LogP contribution in [0.15, 0.2) is 0 Å². The molecule has 2 aliphatic rings. The van der Waals surface area contributed by atoms with Crippen molar-refractivity contribution in [3.8, 4) is 0 Å². The van der Waals surface area contributed by atoms with E-state index >= 15 is 0 Å². The van der Waals surface area contributed by atoms with Gasteiger partial charge in [-0.2, -0.15) is 0 Å². The Hall–Kier alpha value is 0.340. The maximum absolute atomic E-state index is 13.3. The smallest absolute Gasteiger partial charge is 0.206 e. The molecule has 2 atom stereocenters. The topological polar surface area (TPSA) is 0 Å². The molecule has 0 radical (unpaired) electrons. The molecule has 0 heterocycles. The summed E-state index contributed by atoms with van der Waals surface area (Å²) in [5.74, 6) is -2.08. The fraction of sp³-hybridized carbons (Fsp3) is 1.00. The molecule has 2 fully saturated rings. The first-order valence-corrected chi connectivity index (χ1v) is 5.16. The summed E-state index contributed by atoms with van der Waals surface area (Å²) >= 11 is 3.22. The average molecular weight is 225 g/mol. The number of halogens is 3. The molecular formula is C8H11BrF2. The van der Waals surface area contributed by atoms with Crippen LogP contribution in [-0.2, 0) is 0 Å². The standard InChI is InChI=1S/C8H11BrF2/c9-5-7-2-1-6(3-7)4-8(7,10)11/h6H,1-5H2. The molecule has 2 aliphatic carbocycles. The molecule has 0 aromatic carbocycles. The molecule has 2 bridgehead atoms. The molecule has 11 heavy (non-hydrogen) atoms. The van der Waals surface area contributed by atoms with Crippen LogP contribution >= 0.6 is 15.9 Å². The summed E-state index contributed by atoms with van der Waals surface area (Å²) in [5.41, 5.74) is -0.669. The average Bonchev–Trinajstić information content (AvgIpc) is 2.41.